The number of ether oxygens (including phenoxy) is 3. The van der Waals surface area contributed by atoms with Crippen LogP contribution in [0.4, 0.5) is 10.2 Å². The lowest BCUT2D eigenvalue weighted by Gasteiger charge is -2.19. The van der Waals surface area contributed by atoms with Crippen molar-refractivity contribution < 1.29 is 23.4 Å². The molecule has 0 radical (unpaired) electrons. The highest BCUT2D eigenvalue weighted by atomic mass is 35.5. The second-order valence-electron chi connectivity index (χ2n) is 9.19. The van der Waals surface area contributed by atoms with Crippen molar-refractivity contribution in [2.75, 3.05) is 25.5 Å². The predicted octanol–water partition coefficient (Wildman–Crippen LogP) is 5.71. The van der Waals surface area contributed by atoms with E-state index in [2.05, 4.69) is 15.2 Å². The molecule has 0 amide bonds. The Balaban J connectivity index is 1.36. The largest absolute Gasteiger partial charge is 0.493 e. The van der Waals surface area contributed by atoms with Crippen LogP contribution in [0.3, 0.4) is 0 Å². The van der Waals surface area contributed by atoms with Crippen molar-refractivity contribution in [3.63, 3.8) is 0 Å². The number of nitrogens with zero attached hydrogens (tertiary/aromatic N) is 2. The molecule has 1 aromatic heterocycles. The number of methoxy groups -OCH3 is 1. The Kier molecular flexibility index (Phi) is 8.84. The number of rotatable bonds is 10. The third-order valence-corrected chi connectivity index (χ3v) is 6.41. The first-order valence-electron chi connectivity index (χ1n) is 12.2. The first-order valence-corrected chi connectivity index (χ1v) is 12.6. The highest BCUT2D eigenvalue weighted by Crippen LogP contribution is 2.31. The lowest BCUT2D eigenvalue weighted by molar-refractivity contribution is 0.0378. The molecule has 2 heterocycles. The van der Waals surface area contributed by atoms with Crippen molar-refractivity contribution in [1.82, 2.24) is 9.88 Å². The molecule has 2 aromatic carbocycles. The fourth-order valence-electron chi connectivity index (χ4n) is 4.26. The fraction of sp³-hybridized carbons (Fsp3) is 0.357. The third-order valence-electron chi connectivity index (χ3n) is 6.05. The number of carbonyl (C=O) groups is 1. The average Bonchev–Trinajstić information content (AvgIpc) is 3.30. The number of pyridine rings is 1. The van der Waals surface area contributed by atoms with E-state index in [1.807, 2.05) is 32.0 Å². The molecular weight excluding hydrogens is 497 g/mol. The van der Waals surface area contributed by atoms with Crippen molar-refractivity contribution >= 4 is 23.4 Å². The number of aromatic nitrogens is 1. The monoisotopic (exact) mass is 527 g/mol. The standard InChI is InChI=1S/C28H31ClFN3O4/c1-18(2)37-28(34)21-6-5-12-31-27(21)32-20-11-13-33(16-20)15-19-9-10-25(26(14-19)35-3)36-17-22-23(29)7-4-8-24(22)30/h4-10,12,14,18,20H,11,13,15-17H2,1-3H3,(H,31,32)/t20-/m0/s1. The van der Waals surface area contributed by atoms with Crippen LogP contribution in [-0.4, -0.2) is 48.2 Å². The molecule has 9 heteroatoms. The molecule has 3 aromatic rings. The van der Waals surface area contributed by atoms with Gasteiger partial charge in [0.25, 0.3) is 0 Å². The number of anilines is 1. The average molecular weight is 528 g/mol. The Hall–Kier alpha value is -3.36. The van der Waals surface area contributed by atoms with Gasteiger partial charge in [0.15, 0.2) is 11.5 Å². The lowest BCUT2D eigenvalue weighted by atomic mass is 10.2. The lowest BCUT2D eigenvalue weighted by Crippen LogP contribution is -2.27. The summed E-state index contributed by atoms with van der Waals surface area (Å²) in [5, 5.41) is 3.73. The molecule has 0 saturated carbocycles. The van der Waals surface area contributed by atoms with E-state index in [4.69, 9.17) is 25.8 Å². The normalized spacial score (nSPS) is 15.6. The summed E-state index contributed by atoms with van der Waals surface area (Å²) in [6, 6.07) is 13.9. The van der Waals surface area contributed by atoms with Gasteiger partial charge in [-0.2, -0.15) is 0 Å². The van der Waals surface area contributed by atoms with Gasteiger partial charge >= 0.3 is 5.97 Å². The van der Waals surface area contributed by atoms with Crippen LogP contribution in [0.5, 0.6) is 11.5 Å². The summed E-state index contributed by atoms with van der Waals surface area (Å²) < 4.78 is 30.8. The molecule has 4 rings (SSSR count). The molecule has 7 nitrogen and oxygen atoms in total. The zero-order valence-electron chi connectivity index (χ0n) is 21.2. The minimum atomic E-state index is -0.407. The zero-order chi connectivity index (χ0) is 26.4. The Morgan fingerprint density at radius 3 is 2.81 bits per heavy atom. The smallest absolute Gasteiger partial charge is 0.342 e. The number of likely N-dealkylation sites (tertiary alicyclic amines) is 1. The topological polar surface area (TPSA) is 72.9 Å². The van der Waals surface area contributed by atoms with Gasteiger partial charge in [-0.15, -0.1) is 0 Å². The van der Waals surface area contributed by atoms with Crippen molar-refractivity contribution in [2.45, 2.75) is 45.6 Å². The van der Waals surface area contributed by atoms with Crippen LogP contribution in [0.15, 0.2) is 54.7 Å². The molecule has 196 valence electrons. The van der Waals surface area contributed by atoms with E-state index in [1.165, 1.54) is 6.07 Å². The molecular formula is C28H31ClFN3O4. The zero-order valence-corrected chi connectivity index (χ0v) is 21.9. The van der Waals surface area contributed by atoms with E-state index in [9.17, 15) is 9.18 Å². The van der Waals surface area contributed by atoms with Crippen molar-refractivity contribution in [3.8, 4) is 11.5 Å². The molecule has 0 aliphatic carbocycles. The van der Waals surface area contributed by atoms with Crippen molar-refractivity contribution in [1.29, 1.82) is 0 Å². The maximum absolute atomic E-state index is 14.1. The van der Waals surface area contributed by atoms with E-state index in [0.717, 1.165) is 31.6 Å². The van der Waals surface area contributed by atoms with Crippen LogP contribution < -0.4 is 14.8 Å². The summed E-state index contributed by atoms with van der Waals surface area (Å²) in [6.07, 6.45) is 2.38. The van der Waals surface area contributed by atoms with Crippen LogP contribution in [-0.2, 0) is 17.9 Å². The Morgan fingerprint density at radius 2 is 2.05 bits per heavy atom. The summed E-state index contributed by atoms with van der Waals surface area (Å²) in [5.74, 6) is 0.836. The van der Waals surface area contributed by atoms with Gasteiger partial charge in [-0.05, 0) is 62.2 Å². The summed E-state index contributed by atoms with van der Waals surface area (Å²) in [7, 11) is 1.58. The van der Waals surface area contributed by atoms with Gasteiger partial charge < -0.3 is 19.5 Å². The SMILES string of the molecule is COc1cc(CN2CC[C@H](Nc3ncccc3C(=O)OC(C)C)C2)ccc1OCc1c(F)cccc1Cl. The van der Waals surface area contributed by atoms with E-state index >= 15 is 0 Å². The van der Waals surface area contributed by atoms with E-state index < -0.39 is 5.82 Å². The second kappa shape index (κ2) is 12.3. The molecule has 0 bridgehead atoms. The summed E-state index contributed by atoms with van der Waals surface area (Å²) in [5.41, 5.74) is 1.80. The van der Waals surface area contributed by atoms with E-state index in [-0.39, 0.29) is 24.7 Å². The Bertz CT molecular complexity index is 1220. The van der Waals surface area contributed by atoms with Gasteiger partial charge in [0, 0.05) is 37.4 Å². The maximum atomic E-state index is 14.1. The molecule has 0 spiro atoms. The molecule has 1 saturated heterocycles. The highest BCUT2D eigenvalue weighted by molar-refractivity contribution is 6.31. The quantitative estimate of drug-likeness (QED) is 0.338. The predicted molar refractivity (Wildman–Crippen MR) is 141 cm³/mol. The first-order chi connectivity index (χ1) is 17.8. The van der Waals surface area contributed by atoms with Crippen LogP contribution >= 0.6 is 11.6 Å². The molecule has 1 fully saturated rings. The van der Waals surface area contributed by atoms with E-state index in [0.29, 0.717) is 33.5 Å². The van der Waals surface area contributed by atoms with Crippen LogP contribution in [0, 0.1) is 5.82 Å². The highest BCUT2D eigenvalue weighted by Gasteiger charge is 2.25. The van der Waals surface area contributed by atoms with Crippen LogP contribution in [0.1, 0.15) is 41.8 Å². The van der Waals surface area contributed by atoms with Gasteiger partial charge in [-0.25, -0.2) is 14.2 Å². The third kappa shape index (κ3) is 6.90. The number of hydrogen-bond donors (Lipinski definition) is 1. The van der Waals surface area contributed by atoms with Gasteiger partial charge in [-0.3, -0.25) is 4.90 Å². The van der Waals surface area contributed by atoms with E-state index in [1.54, 1.807) is 37.6 Å². The number of carbonyl (C=O) groups excluding carboxylic acids is 1. The summed E-state index contributed by atoms with van der Waals surface area (Å²) in [6.45, 7) is 6.05. The molecule has 0 unspecified atom stereocenters. The Morgan fingerprint density at radius 1 is 1.22 bits per heavy atom. The van der Waals surface area contributed by atoms with Crippen LogP contribution in [0.25, 0.3) is 0 Å². The molecule has 1 N–H and O–H groups in total. The van der Waals surface area contributed by atoms with Gasteiger partial charge in [0.2, 0.25) is 0 Å². The number of halogens is 2. The summed E-state index contributed by atoms with van der Waals surface area (Å²) >= 11 is 6.11. The van der Waals surface area contributed by atoms with Crippen molar-refractivity contribution in [3.05, 3.63) is 82.3 Å². The van der Waals surface area contributed by atoms with Gasteiger partial charge in [-0.1, -0.05) is 23.7 Å². The van der Waals surface area contributed by atoms with Gasteiger partial charge in [0.05, 0.1) is 18.2 Å². The molecule has 1 aliphatic rings. The molecule has 1 aliphatic heterocycles. The second-order valence-corrected chi connectivity index (χ2v) is 9.60. The molecule has 1 atom stereocenters. The number of nitrogens with one attached hydrogen (secondary N) is 1. The number of benzene rings is 2. The van der Waals surface area contributed by atoms with Crippen molar-refractivity contribution in [2.24, 2.45) is 0 Å². The fourth-order valence-corrected chi connectivity index (χ4v) is 4.48. The van der Waals surface area contributed by atoms with Crippen LogP contribution in [0.2, 0.25) is 5.02 Å². The minimum absolute atomic E-state index is 0.000901. The Labute approximate surface area is 221 Å². The maximum Gasteiger partial charge on any atom is 0.342 e. The van der Waals surface area contributed by atoms with Gasteiger partial charge in [0.1, 0.15) is 23.8 Å². The first kappa shape index (κ1) is 26.7. The minimum Gasteiger partial charge on any atom is -0.493 e. The number of hydrogen-bond acceptors (Lipinski definition) is 7. The summed E-state index contributed by atoms with van der Waals surface area (Å²) in [4.78, 5) is 19.1. The number of esters is 1. The molecule has 37 heavy (non-hydrogen) atoms.